The number of ether oxygens (including phenoxy) is 1. The van der Waals surface area contributed by atoms with E-state index in [0.717, 1.165) is 23.4 Å². The number of nitrogens with zero attached hydrogens (tertiary/aromatic N) is 2. The van der Waals surface area contributed by atoms with E-state index in [1.54, 1.807) is 12.0 Å². The van der Waals surface area contributed by atoms with Crippen LogP contribution in [0.25, 0.3) is 0 Å². The van der Waals surface area contributed by atoms with Crippen LogP contribution in [0.3, 0.4) is 0 Å². The van der Waals surface area contributed by atoms with Gasteiger partial charge >= 0.3 is 0 Å². The zero-order valence-electron chi connectivity index (χ0n) is 15.5. The molecule has 0 spiro atoms. The fourth-order valence-corrected chi connectivity index (χ4v) is 3.45. The number of fused-ring (bicyclic) bond motifs is 1. The van der Waals surface area contributed by atoms with Crippen LogP contribution in [0.4, 0.5) is 10.8 Å². The van der Waals surface area contributed by atoms with Gasteiger partial charge in [-0.3, -0.25) is 9.59 Å². The highest BCUT2D eigenvalue weighted by Gasteiger charge is 2.26. The fourth-order valence-electron chi connectivity index (χ4n) is 2.74. The third-order valence-corrected chi connectivity index (χ3v) is 5.08. The largest absolute Gasteiger partial charge is 0.497 e. The van der Waals surface area contributed by atoms with E-state index >= 15 is 0 Å². The molecule has 2 aromatic rings. The molecule has 0 radical (unpaired) electrons. The monoisotopic (exact) mass is 373 g/mol. The third kappa shape index (κ3) is 3.88. The van der Waals surface area contributed by atoms with Gasteiger partial charge in [-0.2, -0.15) is 0 Å². The maximum absolute atomic E-state index is 12.7. The summed E-state index contributed by atoms with van der Waals surface area (Å²) in [5.41, 5.74) is 2.25. The molecule has 1 aliphatic rings. The summed E-state index contributed by atoms with van der Waals surface area (Å²) in [5.74, 6) is 0.719. The van der Waals surface area contributed by atoms with Gasteiger partial charge < -0.3 is 15.0 Å². The molecule has 0 bridgehead atoms. The molecule has 7 heteroatoms. The Bertz CT molecular complexity index is 839. The quantitative estimate of drug-likeness (QED) is 0.893. The third-order valence-electron chi connectivity index (χ3n) is 4.27. The number of nitrogens with one attached hydrogen (secondary N) is 1. The summed E-state index contributed by atoms with van der Waals surface area (Å²) in [5, 5.41) is 5.15. The van der Waals surface area contributed by atoms with Gasteiger partial charge in [0.2, 0.25) is 11.8 Å². The number of amides is 2. The molecule has 1 aromatic carbocycles. The minimum atomic E-state index is -0.484. The molecule has 0 saturated carbocycles. The molecule has 0 aliphatic carbocycles. The van der Waals surface area contributed by atoms with E-state index in [1.807, 2.05) is 44.4 Å². The van der Waals surface area contributed by atoms with Crippen molar-refractivity contribution in [1.29, 1.82) is 0 Å². The number of hydrogen-bond donors (Lipinski definition) is 1. The van der Waals surface area contributed by atoms with E-state index < -0.39 is 5.41 Å². The van der Waals surface area contributed by atoms with Crippen molar-refractivity contribution < 1.29 is 14.3 Å². The van der Waals surface area contributed by atoms with Crippen LogP contribution in [0, 0.1) is 5.41 Å². The SMILES string of the molecule is COc1ccc2c(c1)CCN2C(=O)Cc1csc(NC(=O)C(C)(C)C)n1. The number of benzene rings is 1. The second kappa shape index (κ2) is 7.07. The van der Waals surface area contributed by atoms with Gasteiger partial charge in [0.1, 0.15) is 5.75 Å². The van der Waals surface area contributed by atoms with Crippen LogP contribution in [0.1, 0.15) is 32.0 Å². The van der Waals surface area contributed by atoms with Gasteiger partial charge in [-0.15, -0.1) is 11.3 Å². The topological polar surface area (TPSA) is 71.5 Å². The highest BCUT2D eigenvalue weighted by atomic mass is 32.1. The second-order valence-electron chi connectivity index (χ2n) is 7.31. The lowest BCUT2D eigenvalue weighted by molar-refractivity contribution is -0.123. The normalized spacial score (nSPS) is 13.5. The van der Waals surface area contributed by atoms with Crippen molar-refractivity contribution >= 4 is 34.0 Å². The Morgan fingerprint density at radius 2 is 2.12 bits per heavy atom. The minimum absolute atomic E-state index is 0.00733. The molecule has 1 N–H and O–H groups in total. The molecule has 2 heterocycles. The fraction of sp³-hybridized carbons (Fsp3) is 0.421. The summed E-state index contributed by atoms with van der Waals surface area (Å²) in [6, 6.07) is 5.77. The number of anilines is 2. The van der Waals surface area contributed by atoms with E-state index in [-0.39, 0.29) is 18.2 Å². The van der Waals surface area contributed by atoms with Crippen molar-refractivity contribution in [3.8, 4) is 5.75 Å². The number of rotatable bonds is 4. The molecule has 0 atom stereocenters. The van der Waals surface area contributed by atoms with Crippen LogP contribution in [0.2, 0.25) is 0 Å². The molecule has 2 amide bonds. The number of carbonyl (C=O) groups is 2. The summed E-state index contributed by atoms with van der Waals surface area (Å²) >= 11 is 1.34. The first-order valence-corrected chi connectivity index (χ1v) is 9.39. The van der Waals surface area contributed by atoms with Gasteiger partial charge in [-0.25, -0.2) is 4.98 Å². The molecule has 0 saturated heterocycles. The lowest BCUT2D eigenvalue weighted by Gasteiger charge is -2.17. The zero-order chi connectivity index (χ0) is 18.9. The summed E-state index contributed by atoms with van der Waals surface area (Å²) in [4.78, 5) is 30.9. The summed E-state index contributed by atoms with van der Waals surface area (Å²) in [6.07, 6.45) is 1.04. The van der Waals surface area contributed by atoms with Gasteiger partial charge in [-0.1, -0.05) is 20.8 Å². The van der Waals surface area contributed by atoms with Crippen molar-refractivity contribution in [1.82, 2.24) is 4.98 Å². The van der Waals surface area contributed by atoms with Crippen LogP contribution < -0.4 is 15.0 Å². The molecule has 0 unspecified atom stereocenters. The van der Waals surface area contributed by atoms with Crippen LogP contribution in [0.5, 0.6) is 5.75 Å². The lowest BCUT2D eigenvalue weighted by Crippen LogP contribution is -2.30. The van der Waals surface area contributed by atoms with Crippen LogP contribution in [-0.4, -0.2) is 30.5 Å². The maximum Gasteiger partial charge on any atom is 0.233 e. The molecular weight excluding hydrogens is 350 g/mol. The molecule has 138 valence electrons. The Hall–Kier alpha value is -2.41. The van der Waals surface area contributed by atoms with E-state index in [4.69, 9.17) is 4.74 Å². The predicted octanol–water partition coefficient (Wildman–Crippen LogP) is 3.27. The van der Waals surface area contributed by atoms with Crippen molar-refractivity contribution in [2.24, 2.45) is 5.41 Å². The predicted molar refractivity (Wildman–Crippen MR) is 103 cm³/mol. The van der Waals surface area contributed by atoms with Crippen molar-refractivity contribution in [2.75, 3.05) is 23.9 Å². The molecular formula is C19H23N3O3S. The Morgan fingerprint density at radius 1 is 1.35 bits per heavy atom. The number of aromatic nitrogens is 1. The van der Waals surface area contributed by atoms with Gasteiger partial charge in [0.15, 0.2) is 5.13 Å². The molecule has 26 heavy (non-hydrogen) atoms. The number of carbonyl (C=O) groups excluding carboxylic acids is 2. The van der Waals surface area contributed by atoms with E-state index in [9.17, 15) is 9.59 Å². The molecule has 0 fully saturated rings. The Morgan fingerprint density at radius 3 is 2.81 bits per heavy atom. The van der Waals surface area contributed by atoms with Gasteiger partial charge in [-0.05, 0) is 30.2 Å². The van der Waals surface area contributed by atoms with Gasteiger partial charge in [0.25, 0.3) is 0 Å². The van der Waals surface area contributed by atoms with Crippen LogP contribution in [-0.2, 0) is 22.4 Å². The zero-order valence-corrected chi connectivity index (χ0v) is 16.3. The Labute approximate surface area is 157 Å². The smallest absolute Gasteiger partial charge is 0.233 e. The van der Waals surface area contributed by atoms with E-state index in [1.165, 1.54) is 11.3 Å². The van der Waals surface area contributed by atoms with E-state index in [2.05, 4.69) is 10.3 Å². The lowest BCUT2D eigenvalue weighted by atomic mass is 9.96. The first kappa shape index (κ1) is 18.4. The average molecular weight is 373 g/mol. The number of thiazole rings is 1. The first-order chi connectivity index (χ1) is 12.3. The van der Waals surface area contributed by atoms with Gasteiger partial charge in [0, 0.05) is 23.0 Å². The Kier molecular flexibility index (Phi) is 5.00. The summed E-state index contributed by atoms with van der Waals surface area (Å²) in [6.45, 7) is 6.21. The number of methoxy groups -OCH3 is 1. The molecule has 6 nitrogen and oxygen atoms in total. The molecule has 1 aliphatic heterocycles. The average Bonchev–Trinajstić information content (AvgIpc) is 3.19. The highest BCUT2D eigenvalue weighted by molar-refractivity contribution is 7.13. The molecule has 3 rings (SSSR count). The first-order valence-electron chi connectivity index (χ1n) is 8.51. The number of hydrogen-bond acceptors (Lipinski definition) is 5. The standard InChI is InChI=1S/C19H23N3O3S/c1-19(2,3)17(24)21-18-20-13(11-26-18)10-16(23)22-8-7-12-9-14(25-4)5-6-15(12)22/h5-6,9,11H,7-8,10H2,1-4H3,(H,20,21,24). The van der Waals surface area contributed by atoms with Crippen LogP contribution >= 0.6 is 11.3 Å². The highest BCUT2D eigenvalue weighted by Crippen LogP contribution is 2.32. The van der Waals surface area contributed by atoms with Crippen molar-refractivity contribution in [3.05, 3.63) is 34.8 Å². The summed E-state index contributed by atoms with van der Waals surface area (Å²) < 4.78 is 5.24. The second-order valence-corrected chi connectivity index (χ2v) is 8.17. The van der Waals surface area contributed by atoms with Crippen LogP contribution in [0.15, 0.2) is 23.6 Å². The minimum Gasteiger partial charge on any atom is -0.497 e. The molecule has 1 aromatic heterocycles. The van der Waals surface area contributed by atoms with Crippen molar-refractivity contribution in [3.63, 3.8) is 0 Å². The van der Waals surface area contributed by atoms with Gasteiger partial charge in [0.05, 0.1) is 19.2 Å². The maximum atomic E-state index is 12.7. The van der Waals surface area contributed by atoms with Crippen molar-refractivity contribution in [2.45, 2.75) is 33.6 Å². The Balaban J connectivity index is 1.66. The van der Waals surface area contributed by atoms with E-state index in [0.29, 0.717) is 17.4 Å². The summed E-state index contributed by atoms with van der Waals surface area (Å²) in [7, 11) is 1.64.